The Hall–Kier alpha value is -4.51. The number of rotatable bonds is 2. The van der Waals surface area contributed by atoms with E-state index in [1.807, 2.05) is 11.0 Å². The van der Waals surface area contributed by atoms with Crippen molar-refractivity contribution >= 4 is 64.7 Å². The van der Waals surface area contributed by atoms with E-state index in [0.29, 0.717) is 29.1 Å². The van der Waals surface area contributed by atoms with E-state index in [9.17, 15) is 28.8 Å². The van der Waals surface area contributed by atoms with Crippen molar-refractivity contribution in [1.82, 2.24) is 15.1 Å². The molecule has 0 saturated carbocycles. The lowest BCUT2D eigenvalue weighted by Crippen LogP contribution is -2.70. The first-order valence-electron chi connectivity index (χ1n) is 12.7. The average molecular weight is 562 g/mol. The molecule has 4 aliphatic heterocycles. The molecular formula is C28H24ClN5O6. The second kappa shape index (κ2) is 9.02. The Morgan fingerprint density at radius 2 is 1.70 bits per heavy atom. The van der Waals surface area contributed by atoms with Crippen molar-refractivity contribution in [1.29, 1.82) is 0 Å². The average Bonchev–Trinajstić information content (AvgIpc) is 3.43. The second-order valence-corrected chi connectivity index (χ2v) is 10.8. The summed E-state index contributed by atoms with van der Waals surface area (Å²) in [6.07, 6.45) is 2.84. The number of hydrogen-bond donors (Lipinski definition) is 1. The molecule has 6 rings (SSSR count). The third-order valence-electron chi connectivity index (χ3n) is 8.13. The van der Waals surface area contributed by atoms with Crippen LogP contribution in [-0.2, 0) is 25.6 Å². The number of hydrogen-bond acceptors (Lipinski definition) is 7. The molecule has 1 N–H and O–H groups in total. The molecule has 0 bridgehead atoms. The fourth-order valence-corrected chi connectivity index (χ4v) is 6.49. The first-order chi connectivity index (χ1) is 19.0. The fourth-order valence-electron chi connectivity index (χ4n) is 6.30. The number of nitrogens with one attached hydrogen (secondary N) is 1. The summed E-state index contributed by atoms with van der Waals surface area (Å²) in [7, 11) is 2.76. The van der Waals surface area contributed by atoms with Crippen molar-refractivity contribution in [2.24, 2.45) is 5.41 Å². The van der Waals surface area contributed by atoms with Crippen molar-refractivity contribution in [2.45, 2.75) is 25.3 Å². The minimum Gasteiger partial charge on any atom is -0.367 e. The van der Waals surface area contributed by atoms with Crippen LogP contribution in [0.25, 0.3) is 6.08 Å². The van der Waals surface area contributed by atoms with Gasteiger partial charge in [-0.1, -0.05) is 23.7 Å². The Morgan fingerprint density at radius 3 is 2.40 bits per heavy atom. The normalized spacial score (nSPS) is 23.3. The van der Waals surface area contributed by atoms with Crippen LogP contribution in [0, 0.1) is 5.41 Å². The summed E-state index contributed by atoms with van der Waals surface area (Å²) in [5, 5.41) is 2.50. The maximum Gasteiger partial charge on any atom is 0.335 e. The lowest BCUT2D eigenvalue weighted by molar-refractivity contribution is -0.159. The highest BCUT2D eigenvalue weighted by atomic mass is 35.5. The number of amides is 8. The highest BCUT2D eigenvalue weighted by molar-refractivity contribution is 6.39. The lowest BCUT2D eigenvalue weighted by atomic mass is 9.68. The molecule has 3 fully saturated rings. The predicted molar refractivity (Wildman–Crippen MR) is 144 cm³/mol. The molecule has 0 aromatic heterocycles. The van der Waals surface area contributed by atoms with Crippen LogP contribution in [0.4, 0.5) is 21.0 Å². The van der Waals surface area contributed by atoms with E-state index in [1.54, 1.807) is 24.3 Å². The monoisotopic (exact) mass is 561 g/mol. The zero-order valence-corrected chi connectivity index (χ0v) is 22.4. The van der Waals surface area contributed by atoms with Crippen molar-refractivity contribution in [3.05, 3.63) is 64.2 Å². The Labute approximate surface area is 233 Å². The predicted octanol–water partition coefficient (Wildman–Crippen LogP) is 2.57. The van der Waals surface area contributed by atoms with E-state index >= 15 is 0 Å². The third-order valence-corrected chi connectivity index (χ3v) is 8.36. The van der Waals surface area contributed by atoms with Crippen LogP contribution in [0.1, 0.15) is 24.0 Å². The van der Waals surface area contributed by atoms with Gasteiger partial charge in [0.1, 0.15) is 5.57 Å². The summed E-state index contributed by atoms with van der Waals surface area (Å²) in [5.74, 6) is -2.74. The topological polar surface area (TPSA) is 127 Å². The van der Waals surface area contributed by atoms with Crippen molar-refractivity contribution in [2.75, 3.05) is 30.4 Å². The quantitative estimate of drug-likeness (QED) is 0.339. The second-order valence-electron chi connectivity index (χ2n) is 10.3. The number of fused-ring (bicyclic) bond motifs is 4. The van der Waals surface area contributed by atoms with Crippen LogP contribution in [-0.4, -0.2) is 72.2 Å². The number of benzene rings is 2. The molecule has 12 heteroatoms. The van der Waals surface area contributed by atoms with Crippen LogP contribution < -0.4 is 15.1 Å². The number of imide groups is 4. The molecule has 2 aromatic rings. The van der Waals surface area contributed by atoms with Crippen LogP contribution in [0.3, 0.4) is 0 Å². The van der Waals surface area contributed by atoms with Crippen LogP contribution in [0.15, 0.2) is 48.0 Å². The Balaban J connectivity index is 1.41. The van der Waals surface area contributed by atoms with E-state index in [0.717, 1.165) is 26.8 Å². The van der Waals surface area contributed by atoms with E-state index in [2.05, 4.69) is 5.32 Å². The molecule has 0 radical (unpaired) electrons. The van der Waals surface area contributed by atoms with E-state index in [4.69, 9.17) is 11.6 Å². The number of carbonyl (C=O) groups excluding carboxylic acids is 6. The molecule has 4 aliphatic rings. The van der Waals surface area contributed by atoms with Gasteiger partial charge in [-0.2, -0.15) is 0 Å². The van der Waals surface area contributed by atoms with Crippen molar-refractivity contribution in [3.63, 3.8) is 0 Å². The first kappa shape index (κ1) is 25.8. The van der Waals surface area contributed by atoms with Gasteiger partial charge in [-0.25, -0.2) is 14.5 Å². The van der Waals surface area contributed by atoms with Gasteiger partial charge in [0.2, 0.25) is 11.8 Å². The van der Waals surface area contributed by atoms with Gasteiger partial charge in [0.15, 0.2) is 5.41 Å². The van der Waals surface area contributed by atoms with Crippen molar-refractivity contribution in [3.8, 4) is 0 Å². The van der Waals surface area contributed by atoms with Gasteiger partial charge in [0, 0.05) is 31.4 Å². The minimum absolute atomic E-state index is 0.0629. The molecule has 4 heterocycles. The summed E-state index contributed by atoms with van der Waals surface area (Å²) in [5.41, 5.74) is 0.474. The van der Waals surface area contributed by atoms with Gasteiger partial charge in [0.25, 0.3) is 11.8 Å². The zero-order chi connectivity index (χ0) is 28.5. The largest absolute Gasteiger partial charge is 0.367 e. The Kier molecular flexibility index (Phi) is 5.81. The molecule has 0 unspecified atom stereocenters. The summed E-state index contributed by atoms with van der Waals surface area (Å²) >= 11 is 6.04. The number of barbiturate groups is 2. The molecular weight excluding hydrogens is 538 g/mol. The summed E-state index contributed by atoms with van der Waals surface area (Å²) in [6.45, 7) is 0.638. The van der Waals surface area contributed by atoms with E-state index in [1.165, 1.54) is 32.3 Å². The minimum atomic E-state index is -1.47. The van der Waals surface area contributed by atoms with Crippen LogP contribution in [0.5, 0.6) is 0 Å². The maximum atomic E-state index is 13.6. The van der Waals surface area contributed by atoms with Gasteiger partial charge in [-0.3, -0.25) is 34.3 Å². The maximum absolute atomic E-state index is 13.6. The van der Waals surface area contributed by atoms with Gasteiger partial charge in [-0.15, -0.1) is 0 Å². The highest BCUT2D eigenvalue weighted by Crippen LogP contribution is 2.49. The Bertz CT molecular complexity index is 1560. The third kappa shape index (κ3) is 3.57. The highest BCUT2D eigenvalue weighted by Gasteiger charge is 2.63. The molecule has 204 valence electrons. The summed E-state index contributed by atoms with van der Waals surface area (Å²) in [4.78, 5) is 83.2. The number of carbonyl (C=O) groups is 6. The molecule has 3 saturated heterocycles. The van der Waals surface area contributed by atoms with Crippen molar-refractivity contribution < 1.29 is 28.8 Å². The Morgan fingerprint density at radius 1 is 0.975 bits per heavy atom. The van der Waals surface area contributed by atoms with Gasteiger partial charge < -0.3 is 4.90 Å². The number of anilines is 2. The number of halogens is 1. The molecule has 1 atom stereocenters. The summed E-state index contributed by atoms with van der Waals surface area (Å²) in [6, 6.07) is 9.50. The van der Waals surface area contributed by atoms with E-state index in [-0.39, 0.29) is 17.7 Å². The lowest BCUT2D eigenvalue weighted by Gasteiger charge is -2.50. The smallest absolute Gasteiger partial charge is 0.335 e. The van der Waals surface area contributed by atoms with Gasteiger partial charge >= 0.3 is 12.1 Å². The molecule has 2 aromatic carbocycles. The molecule has 8 amide bonds. The standard InChI is InChI=1S/C28H24ClN5O6/c1-31-24(37)28(25(38)32(2)27(31)40)14-16-11-15(8-9-20(16)33-10-4-7-21(28)33)12-19-22(35)30-26(39)34(23(19)36)18-6-3-5-17(29)13-18/h3,5-6,8-9,11-13,21H,4,7,10,14H2,1-2H3,(H,30,35,39)/b19-12+/t21-/m0/s1. The van der Waals surface area contributed by atoms with E-state index < -0.39 is 47.1 Å². The van der Waals surface area contributed by atoms with Gasteiger partial charge in [-0.05, 0) is 66.8 Å². The molecule has 40 heavy (non-hydrogen) atoms. The summed E-state index contributed by atoms with van der Waals surface area (Å²) < 4.78 is 0. The number of nitrogens with zero attached hydrogens (tertiary/aromatic N) is 4. The number of urea groups is 2. The van der Waals surface area contributed by atoms with Crippen LogP contribution >= 0.6 is 11.6 Å². The first-order valence-corrected chi connectivity index (χ1v) is 13.1. The molecule has 11 nitrogen and oxygen atoms in total. The van der Waals surface area contributed by atoms with Crippen LogP contribution in [0.2, 0.25) is 5.02 Å². The molecule has 1 spiro atoms. The zero-order valence-electron chi connectivity index (χ0n) is 21.6. The fraction of sp³-hybridized carbons (Fsp3) is 0.286. The van der Waals surface area contributed by atoms with Gasteiger partial charge in [0.05, 0.1) is 11.7 Å². The molecule has 0 aliphatic carbocycles. The SMILES string of the molecule is CN1C(=O)N(C)C(=O)C2(Cc3cc(/C=C4\C(=O)NC(=O)N(c5cccc(Cl)c5)C4=O)ccc3N3CCC[C@H]32)C1=O.